The van der Waals surface area contributed by atoms with Crippen LogP contribution in [0.4, 0.5) is 0 Å². The van der Waals surface area contributed by atoms with Crippen LogP contribution in [0.3, 0.4) is 0 Å². The molecule has 1 rings (SSSR count). The van der Waals surface area contributed by atoms with Crippen LogP contribution < -0.4 is 4.72 Å². The van der Waals surface area contributed by atoms with Crippen molar-refractivity contribution in [3.05, 3.63) is 29.3 Å². The number of methoxy groups -OCH3 is 1. The average Bonchev–Trinajstić information content (AvgIpc) is 2.50. The van der Waals surface area contributed by atoms with Gasteiger partial charge < -0.3 is 9.47 Å². The number of carbonyl (C=O) groups is 1. The fourth-order valence-electron chi connectivity index (χ4n) is 1.91. The number of ether oxygens (including phenoxy) is 2. The van der Waals surface area contributed by atoms with Crippen LogP contribution in [-0.2, 0) is 19.5 Å². The van der Waals surface area contributed by atoms with Gasteiger partial charge in [-0.25, -0.2) is 17.9 Å². The zero-order valence-electron chi connectivity index (χ0n) is 14.1. The fraction of sp³-hybridized carbons (Fsp3) is 0.562. The monoisotopic (exact) mass is 343 g/mol. The summed E-state index contributed by atoms with van der Waals surface area (Å²) in [7, 11) is -2.42. The minimum Gasteiger partial charge on any atom is -0.465 e. The highest BCUT2D eigenvalue weighted by Gasteiger charge is 2.18. The lowest BCUT2D eigenvalue weighted by Crippen LogP contribution is -2.26. The maximum absolute atomic E-state index is 12.4. The molecular weight excluding hydrogens is 318 g/mol. The summed E-state index contributed by atoms with van der Waals surface area (Å²) in [6.45, 7) is 7.23. The van der Waals surface area contributed by atoms with Crippen LogP contribution in [0.1, 0.15) is 36.2 Å². The average molecular weight is 343 g/mol. The SMILES string of the molecule is COC(=O)c1ccc(C)c(S(=O)(=O)NCCCOCC(C)C)c1. The van der Waals surface area contributed by atoms with Crippen LogP contribution in [0.15, 0.2) is 23.1 Å². The van der Waals surface area contributed by atoms with Gasteiger partial charge in [0.15, 0.2) is 0 Å². The molecule has 130 valence electrons. The number of esters is 1. The van der Waals surface area contributed by atoms with E-state index in [4.69, 9.17) is 4.74 Å². The summed E-state index contributed by atoms with van der Waals surface area (Å²) in [5, 5.41) is 0. The van der Waals surface area contributed by atoms with Crippen molar-refractivity contribution in [1.82, 2.24) is 4.72 Å². The van der Waals surface area contributed by atoms with Crippen LogP contribution in [0.2, 0.25) is 0 Å². The summed E-state index contributed by atoms with van der Waals surface area (Å²) in [4.78, 5) is 11.6. The Morgan fingerprint density at radius 2 is 2.00 bits per heavy atom. The first kappa shape index (κ1) is 19.6. The molecular formula is C16H25NO5S. The lowest BCUT2D eigenvalue weighted by atomic mass is 10.1. The second kappa shape index (κ2) is 9.00. The van der Waals surface area contributed by atoms with Crippen molar-refractivity contribution < 1.29 is 22.7 Å². The molecule has 23 heavy (non-hydrogen) atoms. The molecule has 0 aliphatic rings. The quantitative estimate of drug-likeness (QED) is 0.549. The van der Waals surface area contributed by atoms with Gasteiger partial charge in [0, 0.05) is 19.8 Å². The van der Waals surface area contributed by atoms with Gasteiger partial charge in [-0.3, -0.25) is 0 Å². The highest BCUT2D eigenvalue weighted by molar-refractivity contribution is 7.89. The smallest absolute Gasteiger partial charge is 0.337 e. The molecule has 0 spiro atoms. The molecule has 0 fully saturated rings. The van der Waals surface area contributed by atoms with Gasteiger partial charge in [0.25, 0.3) is 0 Å². The normalized spacial score (nSPS) is 11.7. The van der Waals surface area contributed by atoms with E-state index in [0.29, 0.717) is 31.1 Å². The first-order valence-corrected chi connectivity index (χ1v) is 9.02. The topological polar surface area (TPSA) is 81.7 Å². The van der Waals surface area contributed by atoms with E-state index < -0.39 is 16.0 Å². The van der Waals surface area contributed by atoms with E-state index in [1.54, 1.807) is 19.1 Å². The van der Waals surface area contributed by atoms with E-state index in [-0.39, 0.29) is 17.0 Å². The summed E-state index contributed by atoms with van der Waals surface area (Å²) in [5.74, 6) is -0.112. The van der Waals surface area contributed by atoms with Gasteiger partial charge in [-0.05, 0) is 37.0 Å². The highest BCUT2D eigenvalue weighted by atomic mass is 32.2. The lowest BCUT2D eigenvalue weighted by Gasteiger charge is -2.11. The van der Waals surface area contributed by atoms with E-state index in [0.717, 1.165) is 0 Å². The number of carbonyl (C=O) groups excluding carboxylic acids is 1. The summed E-state index contributed by atoms with van der Waals surface area (Å²) < 4.78 is 37.3. The molecule has 7 heteroatoms. The third-order valence-electron chi connectivity index (χ3n) is 3.11. The molecule has 0 aromatic heterocycles. The maximum Gasteiger partial charge on any atom is 0.337 e. The Bertz CT molecular complexity index is 625. The summed E-state index contributed by atoms with van der Waals surface area (Å²) in [5.41, 5.74) is 0.778. The Morgan fingerprint density at radius 1 is 1.30 bits per heavy atom. The van der Waals surface area contributed by atoms with Gasteiger partial charge in [-0.1, -0.05) is 19.9 Å². The number of rotatable bonds is 9. The van der Waals surface area contributed by atoms with Crippen molar-refractivity contribution >= 4 is 16.0 Å². The first-order valence-electron chi connectivity index (χ1n) is 7.54. The van der Waals surface area contributed by atoms with Crippen molar-refractivity contribution in [1.29, 1.82) is 0 Å². The maximum atomic E-state index is 12.4. The lowest BCUT2D eigenvalue weighted by molar-refractivity contribution is 0.0600. The van der Waals surface area contributed by atoms with Gasteiger partial charge in [0.05, 0.1) is 17.6 Å². The van der Waals surface area contributed by atoms with Crippen molar-refractivity contribution in [2.75, 3.05) is 26.9 Å². The van der Waals surface area contributed by atoms with Crippen LogP contribution in [0.5, 0.6) is 0 Å². The van der Waals surface area contributed by atoms with Gasteiger partial charge in [-0.15, -0.1) is 0 Å². The number of sulfonamides is 1. The van der Waals surface area contributed by atoms with E-state index in [2.05, 4.69) is 23.3 Å². The molecule has 0 heterocycles. The molecule has 1 N–H and O–H groups in total. The summed E-state index contributed by atoms with van der Waals surface area (Å²) >= 11 is 0. The molecule has 1 aromatic carbocycles. The standard InChI is InChI=1S/C16H25NO5S/c1-12(2)11-22-9-5-8-17-23(19,20)15-10-14(16(18)21-4)7-6-13(15)3/h6-7,10,12,17H,5,8-9,11H2,1-4H3. The zero-order valence-corrected chi connectivity index (χ0v) is 14.9. The molecule has 0 aliphatic carbocycles. The number of aryl methyl sites for hydroxylation is 1. The van der Waals surface area contributed by atoms with E-state index >= 15 is 0 Å². The summed E-state index contributed by atoms with van der Waals surface area (Å²) in [6.07, 6.45) is 0.585. The van der Waals surface area contributed by atoms with Gasteiger partial charge >= 0.3 is 5.97 Å². The molecule has 0 unspecified atom stereocenters. The Hall–Kier alpha value is -1.44. The summed E-state index contributed by atoms with van der Waals surface area (Å²) in [6, 6.07) is 4.46. The molecule has 0 amide bonds. The first-order chi connectivity index (χ1) is 10.8. The van der Waals surface area contributed by atoms with E-state index in [1.165, 1.54) is 13.2 Å². The van der Waals surface area contributed by atoms with Crippen molar-refractivity contribution in [3.63, 3.8) is 0 Å². The predicted octanol–water partition coefficient (Wildman–Crippen LogP) is 2.12. The van der Waals surface area contributed by atoms with Crippen LogP contribution in [0, 0.1) is 12.8 Å². The Labute approximate surface area is 138 Å². The van der Waals surface area contributed by atoms with Crippen molar-refractivity contribution in [3.8, 4) is 0 Å². The second-order valence-electron chi connectivity index (χ2n) is 5.69. The molecule has 0 atom stereocenters. The van der Waals surface area contributed by atoms with Crippen molar-refractivity contribution in [2.24, 2.45) is 5.92 Å². The molecule has 0 saturated heterocycles. The fourth-order valence-corrected chi connectivity index (χ4v) is 3.25. The van der Waals surface area contributed by atoms with Crippen LogP contribution in [-0.4, -0.2) is 41.3 Å². The number of hydrogen-bond donors (Lipinski definition) is 1. The second-order valence-corrected chi connectivity index (χ2v) is 7.43. The van der Waals surface area contributed by atoms with E-state index in [9.17, 15) is 13.2 Å². The minimum absolute atomic E-state index is 0.0866. The molecule has 6 nitrogen and oxygen atoms in total. The number of nitrogens with one attached hydrogen (secondary N) is 1. The number of benzene rings is 1. The molecule has 0 aliphatic heterocycles. The predicted molar refractivity (Wildman–Crippen MR) is 88.0 cm³/mol. The Kier molecular flexibility index (Phi) is 7.67. The molecule has 1 aromatic rings. The van der Waals surface area contributed by atoms with Gasteiger partial charge in [0.2, 0.25) is 10.0 Å². The highest BCUT2D eigenvalue weighted by Crippen LogP contribution is 2.17. The van der Waals surface area contributed by atoms with Crippen LogP contribution in [0.25, 0.3) is 0 Å². The minimum atomic E-state index is -3.67. The zero-order chi connectivity index (χ0) is 17.5. The van der Waals surface area contributed by atoms with Crippen molar-refractivity contribution in [2.45, 2.75) is 32.1 Å². The van der Waals surface area contributed by atoms with Gasteiger partial charge in [0.1, 0.15) is 0 Å². The largest absolute Gasteiger partial charge is 0.465 e. The third kappa shape index (κ3) is 6.29. The molecule has 0 saturated carbocycles. The Morgan fingerprint density at radius 3 is 2.61 bits per heavy atom. The molecule has 0 bridgehead atoms. The van der Waals surface area contributed by atoms with Gasteiger partial charge in [-0.2, -0.15) is 0 Å². The Balaban J connectivity index is 2.67. The van der Waals surface area contributed by atoms with E-state index in [1.807, 2.05) is 0 Å². The van der Waals surface area contributed by atoms with Crippen LogP contribution >= 0.6 is 0 Å². The third-order valence-corrected chi connectivity index (χ3v) is 4.71. The number of hydrogen-bond acceptors (Lipinski definition) is 5. The molecule has 0 radical (unpaired) electrons.